The first kappa shape index (κ1) is 5.60. The highest BCUT2D eigenvalue weighted by Gasteiger charge is 2.17. The van der Waals surface area contributed by atoms with Crippen molar-refractivity contribution in [2.24, 2.45) is 0 Å². The molecule has 0 saturated carbocycles. The second kappa shape index (κ2) is 4.23. The predicted octanol–water partition coefficient (Wildman–Crippen LogP) is 2.31. The standard InChI is InChI=1S/C9H8ClFO2/c10-7-4-2-1-3-6(7)5-8(11)9(12)13/h1-4,8H,5H2,(H,12,13)/i1D,2D,3D,4D. The molecule has 1 rings (SSSR count). The van der Waals surface area contributed by atoms with Crippen molar-refractivity contribution >= 4 is 17.6 Å². The van der Waals surface area contributed by atoms with Gasteiger partial charge in [-0.15, -0.1) is 0 Å². The molecule has 0 radical (unpaired) electrons. The van der Waals surface area contributed by atoms with Gasteiger partial charge in [0, 0.05) is 11.4 Å². The molecule has 0 saturated heterocycles. The number of benzene rings is 1. The molecule has 0 spiro atoms. The van der Waals surface area contributed by atoms with Crippen molar-refractivity contribution in [1.82, 2.24) is 0 Å². The number of carboxylic acid groups (broad SMARTS) is 1. The van der Waals surface area contributed by atoms with E-state index < -0.39 is 42.7 Å². The van der Waals surface area contributed by atoms with Crippen molar-refractivity contribution in [3.63, 3.8) is 0 Å². The molecule has 0 bridgehead atoms. The van der Waals surface area contributed by atoms with Crippen molar-refractivity contribution in [3.05, 3.63) is 34.8 Å². The van der Waals surface area contributed by atoms with Crippen molar-refractivity contribution in [2.75, 3.05) is 0 Å². The maximum Gasteiger partial charge on any atom is 0.338 e. The zero-order chi connectivity index (χ0) is 13.3. The number of halogens is 2. The number of hydrogen-bond acceptors (Lipinski definition) is 1. The first-order valence-electron chi connectivity index (χ1n) is 5.39. The van der Waals surface area contributed by atoms with Gasteiger partial charge in [-0.05, 0) is 11.6 Å². The Morgan fingerprint density at radius 1 is 1.69 bits per heavy atom. The Morgan fingerprint density at radius 2 is 2.31 bits per heavy atom. The first-order chi connectivity index (χ1) is 7.77. The van der Waals surface area contributed by atoms with E-state index in [1.54, 1.807) is 0 Å². The van der Waals surface area contributed by atoms with E-state index in [1.165, 1.54) is 0 Å². The SMILES string of the molecule is [2H]c1c([2H])c([2H])c(CC(F)C(=O)O)c(Cl)c1[2H]. The van der Waals surface area contributed by atoms with E-state index >= 15 is 0 Å². The number of aliphatic carboxylic acids is 1. The quantitative estimate of drug-likeness (QED) is 0.824. The van der Waals surface area contributed by atoms with Crippen LogP contribution in [0.25, 0.3) is 0 Å². The van der Waals surface area contributed by atoms with E-state index in [9.17, 15) is 9.18 Å². The molecule has 0 fully saturated rings. The summed E-state index contributed by atoms with van der Waals surface area (Å²) in [7, 11) is 0. The van der Waals surface area contributed by atoms with Gasteiger partial charge in [0.1, 0.15) is 0 Å². The molecule has 0 aliphatic carbocycles. The molecule has 4 heteroatoms. The minimum absolute atomic E-state index is 0.229. The third kappa shape index (κ3) is 2.70. The Hall–Kier alpha value is -1.09. The average Bonchev–Trinajstić information content (AvgIpc) is 2.29. The van der Waals surface area contributed by atoms with E-state index in [1.807, 2.05) is 0 Å². The molecule has 0 aliphatic rings. The third-order valence-corrected chi connectivity index (χ3v) is 1.69. The summed E-state index contributed by atoms with van der Waals surface area (Å²) >= 11 is 5.65. The fourth-order valence-electron chi connectivity index (χ4n) is 0.730. The summed E-state index contributed by atoms with van der Waals surface area (Å²) in [6.07, 6.45) is -2.95. The Labute approximate surface area is 85.6 Å². The summed E-state index contributed by atoms with van der Waals surface area (Å²) in [5, 5.41) is 8.06. The molecule has 1 unspecified atom stereocenters. The molecule has 0 heterocycles. The van der Waals surface area contributed by atoms with Crippen LogP contribution >= 0.6 is 11.6 Å². The van der Waals surface area contributed by atoms with Crippen LogP contribution in [0.15, 0.2) is 24.2 Å². The molecular formula is C9H8ClFO2. The Morgan fingerprint density at radius 3 is 2.92 bits per heavy atom. The summed E-state index contributed by atoms with van der Waals surface area (Å²) in [5.74, 6) is -1.70. The van der Waals surface area contributed by atoms with Gasteiger partial charge in [0.2, 0.25) is 6.17 Å². The highest BCUT2D eigenvalue weighted by atomic mass is 35.5. The monoisotopic (exact) mass is 206 g/mol. The van der Waals surface area contributed by atoms with E-state index in [2.05, 4.69) is 0 Å². The lowest BCUT2D eigenvalue weighted by Crippen LogP contribution is -2.17. The predicted molar refractivity (Wildman–Crippen MR) is 47.7 cm³/mol. The summed E-state index contributed by atoms with van der Waals surface area (Å²) in [4.78, 5) is 10.4. The molecule has 0 aliphatic heterocycles. The molecular weight excluding hydrogens is 195 g/mol. The van der Waals surface area contributed by atoms with E-state index in [0.29, 0.717) is 0 Å². The third-order valence-electron chi connectivity index (χ3n) is 1.36. The maximum atomic E-state index is 13.0. The Kier molecular flexibility index (Phi) is 1.82. The number of hydrogen-bond donors (Lipinski definition) is 1. The van der Waals surface area contributed by atoms with Gasteiger partial charge >= 0.3 is 5.97 Å². The number of carbonyl (C=O) groups is 1. The van der Waals surface area contributed by atoms with Crippen LogP contribution in [-0.2, 0) is 11.2 Å². The summed E-state index contributed by atoms with van der Waals surface area (Å²) in [6.45, 7) is 0. The van der Waals surface area contributed by atoms with Crippen LogP contribution in [0.2, 0.25) is 5.02 Å². The number of alkyl halides is 1. The van der Waals surface area contributed by atoms with Crippen LogP contribution in [-0.4, -0.2) is 17.2 Å². The molecule has 0 amide bonds. The van der Waals surface area contributed by atoms with Crippen molar-refractivity contribution in [3.8, 4) is 0 Å². The molecule has 0 aromatic heterocycles. The highest BCUT2D eigenvalue weighted by molar-refractivity contribution is 6.31. The largest absolute Gasteiger partial charge is 0.479 e. The van der Waals surface area contributed by atoms with Gasteiger partial charge in [0.25, 0.3) is 0 Å². The van der Waals surface area contributed by atoms with Gasteiger partial charge in [0.05, 0.1) is 5.48 Å². The fraction of sp³-hybridized carbons (Fsp3) is 0.222. The van der Waals surface area contributed by atoms with E-state index in [4.69, 9.17) is 22.2 Å². The minimum atomic E-state index is -2.26. The van der Waals surface area contributed by atoms with Gasteiger partial charge in [-0.3, -0.25) is 0 Å². The van der Waals surface area contributed by atoms with Crippen molar-refractivity contribution in [1.29, 1.82) is 0 Å². The number of carboxylic acids is 1. The second-order valence-corrected chi connectivity index (χ2v) is 2.68. The number of rotatable bonds is 3. The lowest BCUT2D eigenvalue weighted by atomic mass is 10.1. The van der Waals surface area contributed by atoms with Gasteiger partial charge in [-0.1, -0.05) is 29.7 Å². The van der Waals surface area contributed by atoms with E-state index in [-0.39, 0.29) is 10.6 Å². The fourth-order valence-corrected chi connectivity index (χ4v) is 0.902. The maximum absolute atomic E-state index is 13.0. The lowest BCUT2D eigenvalue weighted by Gasteiger charge is -2.04. The molecule has 1 aromatic carbocycles. The van der Waals surface area contributed by atoms with Gasteiger partial charge < -0.3 is 5.11 Å². The topological polar surface area (TPSA) is 37.3 Å². The van der Waals surface area contributed by atoms with Gasteiger partial charge in [-0.25, -0.2) is 9.18 Å². The minimum Gasteiger partial charge on any atom is -0.479 e. The van der Waals surface area contributed by atoms with Crippen LogP contribution < -0.4 is 0 Å². The van der Waals surface area contributed by atoms with Crippen LogP contribution in [0.5, 0.6) is 0 Å². The lowest BCUT2D eigenvalue weighted by molar-refractivity contribution is -0.142. The first-order valence-corrected chi connectivity index (χ1v) is 3.76. The molecule has 1 atom stereocenters. The Balaban J connectivity index is 3.30. The van der Waals surface area contributed by atoms with Crippen molar-refractivity contribution in [2.45, 2.75) is 12.6 Å². The summed E-state index contributed by atoms with van der Waals surface area (Å²) in [5.41, 5.74) is -0.229. The normalized spacial score (nSPS) is 16.8. The van der Waals surface area contributed by atoms with Crippen LogP contribution in [0.3, 0.4) is 0 Å². The van der Waals surface area contributed by atoms with Gasteiger partial charge in [-0.2, -0.15) is 0 Å². The zero-order valence-corrected chi connectivity index (χ0v) is 7.15. The zero-order valence-electron chi connectivity index (χ0n) is 10.4. The van der Waals surface area contributed by atoms with E-state index in [0.717, 1.165) is 0 Å². The van der Waals surface area contributed by atoms with Crippen LogP contribution in [0.1, 0.15) is 11.0 Å². The molecule has 1 aromatic rings. The van der Waals surface area contributed by atoms with Crippen LogP contribution in [0.4, 0.5) is 4.39 Å². The second-order valence-electron chi connectivity index (χ2n) is 2.30. The summed E-state index contributed by atoms with van der Waals surface area (Å²) in [6, 6.07) is -2.11. The van der Waals surface area contributed by atoms with Crippen molar-refractivity contribution < 1.29 is 19.8 Å². The molecule has 1 N–H and O–H groups in total. The molecule has 13 heavy (non-hydrogen) atoms. The highest BCUT2D eigenvalue weighted by Crippen LogP contribution is 2.17. The van der Waals surface area contributed by atoms with Gasteiger partial charge in [0.15, 0.2) is 0 Å². The average molecular weight is 207 g/mol. The van der Waals surface area contributed by atoms with Crippen LogP contribution in [0, 0.1) is 0 Å². The smallest absolute Gasteiger partial charge is 0.338 e. The molecule has 2 nitrogen and oxygen atoms in total. The Bertz CT molecular complexity index is 452. The summed E-state index contributed by atoms with van der Waals surface area (Å²) < 4.78 is 42.5. The molecule has 70 valence electrons.